The first kappa shape index (κ1) is 18.9. The Bertz CT molecular complexity index is 819. The van der Waals surface area contributed by atoms with Crippen LogP contribution in [0.3, 0.4) is 0 Å². The molecule has 1 N–H and O–H groups in total. The zero-order chi connectivity index (χ0) is 18.5. The third-order valence-corrected chi connectivity index (χ3v) is 5.27. The van der Waals surface area contributed by atoms with E-state index in [1.165, 1.54) is 6.42 Å². The molecule has 0 radical (unpaired) electrons. The SMILES string of the molecule is O=C(NCc1cccc(C(=O)N2CCCCC2)c1)c1cc(Br)ccc1Cl. The van der Waals surface area contributed by atoms with Crippen LogP contribution in [0.1, 0.15) is 45.5 Å². The van der Waals surface area contributed by atoms with E-state index in [-0.39, 0.29) is 11.8 Å². The summed E-state index contributed by atoms with van der Waals surface area (Å²) in [5.74, 6) is -0.183. The van der Waals surface area contributed by atoms with E-state index in [2.05, 4.69) is 21.2 Å². The van der Waals surface area contributed by atoms with E-state index in [9.17, 15) is 9.59 Å². The first-order chi connectivity index (χ1) is 12.5. The summed E-state index contributed by atoms with van der Waals surface area (Å²) in [7, 11) is 0. The summed E-state index contributed by atoms with van der Waals surface area (Å²) in [6.45, 7) is 1.98. The van der Waals surface area contributed by atoms with Gasteiger partial charge in [-0.05, 0) is 55.2 Å². The van der Waals surface area contributed by atoms with E-state index in [1.54, 1.807) is 18.2 Å². The molecule has 1 saturated heterocycles. The van der Waals surface area contributed by atoms with Crippen molar-refractivity contribution in [3.8, 4) is 0 Å². The molecule has 136 valence electrons. The van der Waals surface area contributed by atoms with Crippen molar-refractivity contribution in [2.45, 2.75) is 25.8 Å². The van der Waals surface area contributed by atoms with Gasteiger partial charge in [-0.25, -0.2) is 0 Å². The highest BCUT2D eigenvalue weighted by Gasteiger charge is 2.18. The zero-order valence-electron chi connectivity index (χ0n) is 14.3. The van der Waals surface area contributed by atoms with Gasteiger partial charge in [0.2, 0.25) is 0 Å². The van der Waals surface area contributed by atoms with Crippen LogP contribution < -0.4 is 5.32 Å². The van der Waals surface area contributed by atoms with Gasteiger partial charge in [-0.15, -0.1) is 0 Å². The van der Waals surface area contributed by atoms with Crippen LogP contribution in [0, 0.1) is 0 Å². The minimum Gasteiger partial charge on any atom is -0.348 e. The van der Waals surface area contributed by atoms with E-state index >= 15 is 0 Å². The van der Waals surface area contributed by atoms with E-state index in [0.29, 0.717) is 22.7 Å². The Morgan fingerprint density at radius 3 is 2.62 bits per heavy atom. The fourth-order valence-corrected chi connectivity index (χ4v) is 3.61. The molecule has 1 aliphatic rings. The Morgan fingerprint density at radius 2 is 1.85 bits per heavy atom. The van der Waals surface area contributed by atoms with Crippen LogP contribution in [-0.4, -0.2) is 29.8 Å². The Kier molecular flexibility index (Phi) is 6.33. The molecule has 0 bridgehead atoms. The minimum atomic E-state index is -0.246. The number of hydrogen-bond donors (Lipinski definition) is 1. The zero-order valence-corrected chi connectivity index (χ0v) is 16.6. The Labute approximate surface area is 166 Å². The lowest BCUT2D eigenvalue weighted by Gasteiger charge is -2.26. The molecule has 2 aromatic rings. The smallest absolute Gasteiger partial charge is 0.253 e. The fourth-order valence-electron chi connectivity index (χ4n) is 3.04. The number of carbonyl (C=O) groups excluding carboxylic acids is 2. The number of rotatable bonds is 4. The highest BCUT2D eigenvalue weighted by atomic mass is 79.9. The van der Waals surface area contributed by atoms with Crippen LogP contribution in [0.25, 0.3) is 0 Å². The summed E-state index contributed by atoms with van der Waals surface area (Å²) in [5.41, 5.74) is 1.97. The normalized spacial score (nSPS) is 14.2. The first-order valence-corrected chi connectivity index (χ1v) is 9.83. The highest BCUT2D eigenvalue weighted by Crippen LogP contribution is 2.21. The topological polar surface area (TPSA) is 49.4 Å². The number of nitrogens with one attached hydrogen (secondary N) is 1. The number of amides is 2. The number of likely N-dealkylation sites (tertiary alicyclic amines) is 1. The molecule has 1 fully saturated rings. The Balaban J connectivity index is 1.66. The van der Waals surface area contributed by atoms with E-state index in [0.717, 1.165) is 36.0 Å². The third kappa shape index (κ3) is 4.65. The number of nitrogens with zero attached hydrogens (tertiary/aromatic N) is 1. The van der Waals surface area contributed by atoms with Gasteiger partial charge in [0.15, 0.2) is 0 Å². The summed E-state index contributed by atoms with van der Waals surface area (Å²) in [4.78, 5) is 26.9. The second kappa shape index (κ2) is 8.69. The van der Waals surface area contributed by atoms with Crippen LogP contribution >= 0.6 is 27.5 Å². The number of piperidine rings is 1. The van der Waals surface area contributed by atoms with Crippen molar-refractivity contribution in [2.75, 3.05) is 13.1 Å². The molecule has 0 atom stereocenters. The van der Waals surface area contributed by atoms with Gasteiger partial charge in [0.25, 0.3) is 11.8 Å². The molecular weight excluding hydrogens is 416 g/mol. The highest BCUT2D eigenvalue weighted by molar-refractivity contribution is 9.10. The van der Waals surface area contributed by atoms with Crippen molar-refractivity contribution in [3.63, 3.8) is 0 Å². The molecule has 26 heavy (non-hydrogen) atoms. The first-order valence-electron chi connectivity index (χ1n) is 8.66. The van der Waals surface area contributed by atoms with E-state index < -0.39 is 0 Å². The Morgan fingerprint density at radius 1 is 1.08 bits per heavy atom. The van der Waals surface area contributed by atoms with E-state index in [1.807, 2.05) is 29.2 Å². The molecule has 0 aliphatic carbocycles. The van der Waals surface area contributed by atoms with Crippen molar-refractivity contribution in [3.05, 3.63) is 68.7 Å². The van der Waals surface area contributed by atoms with Gasteiger partial charge >= 0.3 is 0 Å². The lowest BCUT2D eigenvalue weighted by molar-refractivity contribution is 0.0724. The van der Waals surface area contributed by atoms with Crippen LogP contribution in [0.2, 0.25) is 5.02 Å². The van der Waals surface area contributed by atoms with Crippen molar-refractivity contribution >= 4 is 39.3 Å². The van der Waals surface area contributed by atoms with Gasteiger partial charge < -0.3 is 10.2 Å². The summed E-state index contributed by atoms with van der Waals surface area (Å²) in [5, 5.41) is 3.26. The van der Waals surface area contributed by atoms with Crippen LogP contribution in [0.5, 0.6) is 0 Å². The summed E-state index contributed by atoms with van der Waals surface area (Å²) < 4.78 is 0.793. The Hall–Kier alpha value is -1.85. The monoisotopic (exact) mass is 434 g/mol. The number of benzene rings is 2. The fraction of sp³-hybridized carbons (Fsp3) is 0.300. The molecule has 1 heterocycles. The third-order valence-electron chi connectivity index (χ3n) is 4.44. The predicted octanol–water partition coefficient (Wildman–Crippen LogP) is 4.66. The van der Waals surface area contributed by atoms with Gasteiger partial charge in [0.05, 0.1) is 10.6 Å². The van der Waals surface area contributed by atoms with Gasteiger partial charge in [-0.3, -0.25) is 9.59 Å². The molecule has 0 aromatic heterocycles. The van der Waals surface area contributed by atoms with Gasteiger partial charge in [-0.2, -0.15) is 0 Å². The molecule has 0 saturated carbocycles. The second-order valence-electron chi connectivity index (χ2n) is 6.36. The molecule has 3 rings (SSSR count). The molecule has 1 aliphatic heterocycles. The quantitative estimate of drug-likeness (QED) is 0.759. The largest absolute Gasteiger partial charge is 0.348 e. The molecular formula is C20H20BrClN2O2. The molecule has 4 nitrogen and oxygen atoms in total. The summed E-state index contributed by atoms with van der Waals surface area (Å²) in [6.07, 6.45) is 3.32. The lowest BCUT2D eigenvalue weighted by Crippen LogP contribution is -2.35. The number of halogens is 2. The van der Waals surface area contributed by atoms with Crippen LogP contribution in [0.4, 0.5) is 0 Å². The number of carbonyl (C=O) groups is 2. The van der Waals surface area contributed by atoms with Crippen molar-refractivity contribution in [2.24, 2.45) is 0 Å². The molecule has 0 spiro atoms. The molecule has 6 heteroatoms. The molecule has 2 amide bonds. The predicted molar refractivity (Wildman–Crippen MR) is 107 cm³/mol. The van der Waals surface area contributed by atoms with Crippen LogP contribution in [-0.2, 0) is 6.54 Å². The molecule has 2 aromatic carbocycles. The van der Waals surface area contributed by atoms with Gasteiger partial charge in [0, 0.05) is 29.7 Å². The summed E-state index contributed by atoms with van der Waals surface area (Å²) >= 11 is 9.44. The van der Waals surface area contributed by atoms with Crippen molar-refractivity contribution in [1.29, 1.82) is 0 Å². The maximum atomic E-state index is 12.6. The standard InChI is InChI=1S/C20H20BrClN2O2/c21-16-7-8-18(22)17(12-16)19(25)23-13-14-5-4-6-15(11-14)20(26)24-9-2-1-3-10-24/h4-8,11-12H,1-3,9-10,13H2,(H,23,25). The van der Waals surface area contributed by atoms with Gasteiger partial charge in [0.1, 0.15) is 0 Å². The average molecular weight is 436 g/mol. The van der Waals surface area contributed by atoms with E-state index in [4.69, 9.17) is 11.6 Å². The second-order valence-corrected chi connectivity index (χ2v) is 7.68. The lowest BCUT2D eigenvalue weighted by atomic mass is 10.1. The maximum Gasteiger partial charge on any atom is 0.253 e. The summed E-state index contributed by atoms with van der Waals surface area (Å²) in [6, 6.07) is 12.6. The van der Waals surface area contributed by atoms with Crippen LogP contribution in [0.15, 0.2) is 46.9 Å². The molecule has 0 unspecified atom stereocenters. The van der Waals surface area contributed by atoms with Crippen molar-refractivity contribution < 1.29 is 9.59 Å². The maximum absolute atomic E-state index is 12.6. The van der Waals surface area contributed by atoms with Crippen molar-refractivity contribution in [1.82, 2.24) is 10.2 Å². The number of hydrogen-bond acceptors (Lipinski definition) is 2. The van der Waals surface area contributed by atoms with Gasteiger partial charge in [-0.1, -0.05) is 39.7 Å². The average Bonchev–Trinajstić information content (AvgIpc) is 2.68. The minimum absolute atomic E-state index is 0.0629.